The lowest BCUT2D eigenvalue weighted by molar-refractivity contribution is 0.0691. The first kappa shape index (κ1) is 14.3. The van der Waals surface area contributed by atoms with Crippen molar-refractivity contribution in [3.8, 4) is 5.75 Å². The van der Waals surface area contributed by atoms with Crippen LogP contribution in [0.25, 0.3) is 0 Å². The van der Waals surface area contributed by atoms with E-state index in [-0.39, 0.29) is 11.8 Å². The number of carbonyl (C=O) groups is 1. The predicted octanol–water partition coefficient (Wildman–Crippen LogP) is 3.76. The molecule has 1 heterocycles. The summed E-state index contributed by atoms with van der Waals surface area (Å²) in [6.45, 7) is 4.08. The first-order valence-corrected chi connectivity index (χ1v) is 7.19. The zero-order chi connectivity index (χ0) is 14.5. The van der Waals surface area contributed by atoms with Gasteiger partial charge in [-0.3, -0.25) is 0 Å². The zero-order valence-corrected chi connectivity index (χ0v) is 12.1. The Morgan fingerprint density at radius 2 is 2.35 bits per heavy atom. The molecule has 106 valence electrons. The minimum atomic E-state index is -1.02. The van der Waals surface area contributed by atoms with Gasteiger partial charge >= 0.3 is 5.97 Å². The van der Waals surface area contributed by atoms with Gasteiger partial charge < -0.3 is 15.2 Å². The summed E-state index contributed by atoms with van der Waals surface area (Å²) >= 11 is 1.25. The first-order chi connectivity index (χ1) is 9.58. The second-order valence-electron chi connectivity index (χ2n) is 4.33. The summed E-state index contributed by atoms with van der Waals surface area (Å²) in [5.41, 5.74) is 0.863. The Morgan fingerprint density at radius 3 is 3.00 bits per heavy atom. The van der Waals surface area contributed by atoms with Crippen LogP contribution in [-0.2, 0) is 0 Å². The lowest BCUT2D eigenvalue weighted by Gasteiger charge is -2.13. The maximum atomic E-state index is 10.8. The van der Waals surface area contributed by atoms with E-state index in [1.54, 1.807) is 0 Å². The van der Waals surface area contributed by atoms with E-state index in [2.05, 4.69) is 17.2 Å². The van der Waals surface area contributed by atoms with Crippen LogP contribution in [0, 0.1) is 0 Å². The average molecular weight is 292 g/mol. The Balaban J connectivity index is 2.08. The third-order valence-corrected chi connectivity index (χ3v) is 3.48. The van der Waals surface area contributed by atoms with Gasteiger partial charge in [-0.2, -0.15) is 0 Å². The van der Waals surface area contributed by atoms with Crippen LogP contribution in [0.2, 0.25) is 0 Å². The molecule has 1 atom stereocenters. The summed E-state index contributed by atoms with van der Waals surface area (Å²) < 4.78 is 5.73. The van der Waals surface area contributed by atoms with Crippen molar-refractivity contribution in [2.45, 2.75) is 26.4 Å². The monoisotopic (exact) mass is 292 g/mol. The number of thiazole rings is 1. The Labute approximate surface area is 121 Å². The molecule has 2 aromatic rings. The van der Waals surface area contributed by atoms with Gasteiger partial charge in [-0.15, -0.1) is 11.3 Å². The Morgan fingerprint density at radius 1 is 1.55 bits per heavy atom. The van der Waals surface area contributed by atoms with Gasteiger partial charge in [-0.05, 0) is 25.5 Å². The van der Waals surface area contributed by atoms with E-state index in [1.165, 1.54) is 16.7 Å². The molecule has 1 aromatic heterocycles. The minimum Gasteiger partial charge on any atom is -0.491 e. The number of anilines is 2. The molecule has 0 fully saturated rings. The van der Waals surface area contributed by atoms with E-state index in [9.17, 15) is 4.79 Å². The highest BCUT2D eigenvalue weighted by molar-refractivity contribution is 7.14. The van der Waals surface area contributed by atoms with Crippen molar-refractivity contribution >= 4 is 28.1 Å². The smallest absolute Gasteiger partial charge is 0.355 e. The second kappa shape index (κ2) is 6.38. The number of rotatable bonds is 6. The summed E-state index contributed by atoms with van der Waals surface area (Å²) in [5.74, 6) is -0.248. The van der Waals surface area contributed by atoms with Gasteiger partial charge in [-0.1, -0.05) is 13.0 Å². The fourth-order valence-electron chi connectivity index (χ4n) is 1.52. The van der Waals surface area contributed by atoms with Crippen molar-refractivity contribution in [2.75, 3.05) is 5.32 Å². The van der Waals surface area contributed by atoms with Crippen LogP contribution in [0.4, 0.5) is 10.8 Å². The predicted molar refractivity (Wildman–Crippen MR) is 79.2 cm³/mol. The van der Waals surface area contributed by atoms with Gasteiger partial charge in [0.15, 0.2) is 10.8 Å². The van der Waals surface area contributed by atoms with Crippen LogP contribution in [0.3, 0.4) is 0 Å². The molecule has 0 radical (unpaired) electrons. The molecular formula is C14H16N2O3S. The van der Waals surface area contributed by atoms with E-state index in [0.29, 0.717) is 5.13 Å². The maximum Gasteiger partial charge on any atom is 0.355 e. The zero-order valence-electron chi connectivity index (χ0n) is 11.3. The molecule has 20 heavy (non-hydrogen) atoms. The summed E-state index contributed by atoms with van der Waals surface area (Å²) in [7, 11) is 0. The van der Waals surface area contributed by atoms with Crippen molar-refractivity contribution in [1.29, 1.82) is 0 Å². The van der Waals surface area contributed by atoms with E-state index in [0.717, 1.165) is 17.9 Å². The molecule has 2 N–H and O–H groups in total. The number of aromatic carboxylic acids is 1. The number of carboxylic acid groups (broad SMARTS) is 1. The number of hydrogen-bond donors (Lipinski definition) is 2. The van der Waals surface area contributed by atoms with Crippen molar-refractivity contribution in [3.63, 3.8) is 0 Å². The fourth-order valence-corrected chi connectivity index (χ4v) is 2.22. The molecule has 0 spiro atoms. The number of nitrogens with zero attached hydrogens (tertiary/aromatic N) is 1. The molecule has 1 aromatic carbocycles. The highest BCUT2D eigenvalue weighted by Gasteiger charge is 2.09. The van der Waals surface area contributed by atoms with E-state index in [1.807, 2.05) is 31.2 Å². The van der Waals surface area contributed by atoms with Crippen molar-refractivity contribution in [1.82, 2.24) is 4.98 Å². The molecule has 5 nitrogen and oxygen atoms in total. The van der Waals surface area contributed by atoms with Crippen LogP contribution in [0.15, 0.2) is 29.6 Å². The molecule has 1 unspecified atom stereocenters. The lowest BCUT2D eigenvalue weighted by atomic mass is 10.3. The number of hydrogen-bond acceptors (Lipinski definition) is 5. The molecule has 0 saturated carbocycles. The first-order valence-electron chi connectivity index (χ1n) is 6.31. The lowest BCUT2D eigenvalue weighted by Crippen LogP contribution is -2.09. The van der Waals surface area contributed by atoms with Crippen molar-refractivity contribution in [2.24, 2.45) is 0 Å². The molecule has 6 heteroatoms. The topological polar surface area (TPSA) is 71.5 Å². The number of aromatic nitrogens is 1. The molecular weight excluding hydrogens is 276 g/mol. The molecule has 0 aliphatic carbocycles. The standard InChI is InChI=1S/C14H16N2O3S/c1-3-9(2)19-11-6-4-5-10(7-11)15-14-16-12(8-20-14)13(17)18/h4-9H,3H2,1-2H3,(H,15,16)(H,17,18). The number of benzene rings is 1. The molecule has 2 rings (SSSR count). The van der Waals surface area contributed by atoms with E-state index in [4.69, 9.17) is 9.84 Å². The minimum absolute atomic E-state index is 0.0458. The normalized spacial score (nSPS) is 11.9. The SMILES string of the molecule is CCC(C)Oc1cccc(Nc2nc(C(=O)O)cs2)c1. The third kappa shape index (κ3) is 3.71. The largest absolute Gasteiger partial charge is 0.491 e. The van der Waals surface area contributed by atoms with Crippen LogP contribution < -0.4 is 10.1 Å². The number of ether oxygens (including phenoxy) is 1. The molecule has 0 bridgehead atoms. The van der Waals surface area contributed by atoms with E-state index < -0.39 is 5.97 Å². The van der Waals surface area contributed by atoms with Gasteiger partial charge in [0.2, 0.25) is 0 Å². The van der Waals surface area contributed by atoms with Gasteiger partial charge in [0.05, 0.1) is 6.10 Å². The Hall–Kier alpha value is -2.08. The van der Waals surface area contributed by atoms with Gasteiger partial charge in [0.1, 0.15) is 5.75 Å². The molecule has 0 aliphatic rings. The van der Waals surface area contributed by atoms with Crippen molar-refractivity contribution in [3.05, 3.63) is 35.3 Å². The fraction of sp³-hybridized carbons (Fsp3) is 0.286. The summed E-state index contributed by atoms with van der Waals surface area (Å²) in [5, 5.41) is 14.0. The van der Waals surface area contributed by atoms with Gasteiger partial charge in [0, 0.05) is 17.1 Å². The van der Waals surface area contributed by atoms with Gasteiger partial charge in [0.25, 0.3) is 0 Å². The van der Waals surface area contributed by atoms with Crippen molar-refractivity contribution < 1.29 is 14.6 Å². The molecule has 0 saturated heterocycles. The summed E-state index contributed by atoms with van der Waals surface area (Å²) in [4.78, 5) is 14.8. The van der Waals surface area contributed by atoms with Gasteiger partial charge in [-0.25, -0.2) is 9.78 Å². The average Bonchev–Trinajstić information content (AvgIpc) is 2.87. The number of carboxylic acids is 1. The Kier molecular flexibility index (Phi) is 4.57. The second-order valence-corrected chi connectivity index (χ2v) is 5.19. The van der Waals surface area contributed by atoms with Crippen LogP contribution in [0.1, 0.15) is 30.8 Å². The molecule has 0 amide bonds. The highest BCUT2D eigenvalue weighted by atomic mass is 32.1. The maximum absolute atomic E-state index is 10.8. The van der Waals surface area contributed by atoms with Crippen LogP contribution in [0.5, 0.6) is 5.75 Å². The van der Waals surface area contributed by atoms with Crippen LogP contribution >= 0.6 is 11.3 Å². The molecule has 0 aliphatic heterocycles. The quantitative estimate of drug-likeness (QED) is 0.848. The van der Waals surface area contributed by atoms with Crippen LogP contribution in [-0.4, -0.2) is 22.2 Å². The number of nitrogens with one attached hydrogen (secondary N) is 1. The third-order valence-electron chi connectivity index (χ3n) is 2.72. The highest BCUT2D eigenvalue weighted by Crippen LogP contribution is 2.24. The Bertz CT molecular complexity index is 598. The van der Waals surface area contributed by atoms with E-state index >= 15 is 0 Å². The summed E-state index contributed by atoms with van der Waals surface area (Å²) in [6.07, 6.45) is 1.09. The summed E-state index contributed by atoms with van der Waals surface area (Å²) in [6, 6.07) is 7.52.